The number of fused-ring (bicyclic) bond motifs is 1. The lowest BCUT2D eigenvalue weighted by Gasteiger charge is -2.04. The maximum Gasteiger partial charge on any atom is 0.127 e. The predicted octanol–water partition coefficient (Wildman–Crippen LogP) is 2.21. The average Bonchev–Trinajstić information content (AvgIpc) is 2.57. The summed E-state index contributed by atoms with van der Waals surface area (Å²) in [5.74, 6) is -0.123. The zero-order valence-corrected chi connectivity index (χ0v) is 8.83. The van der Waals surface area contributed by atoms with Crippen molar-refractivity contribution in [1.82, 2.24) is 4.57 Å². The van der Waals surface area contributed by atoms with Gasteiger partial charge in [0.25, 0.3) is 0 Å². The van der Waals surface area contributed by atoms with Crippen molar-refractivity contribution in [3.63, 3.8) is 0 Å². The standard InChI is InChI=1S/C12H15FN2/c1-15-6-4-10-7-11(13)9(3-2-5-14)8-12(10)15/h4,6-8H,2-3,5,14H2,1H3. The first kappa shape index (κ1) is 10.2. The van der Waals surface area contributed by atoms with Crippen molar-refractivity contribution >= 4 is 10.9 Å². The normalized spacial score (nSPS) is 11.1. The number of rotatable bonds is 3. The van der Waals surface area contributed by atoms with Gasteiger partial charge in [-0.15, -0.1) is 0 Å². The van der Waals surface area contributed by atoms with E-state index in [1.165, 1.54) is 0 Å². The molecular formula is C12H15FN2. The van der Waals surface area contributed by atoms with Crippen LogP contribution in [0, 0.1) is 5.82 Å². The van der Waals surface area contributed by atoms with Crippen LogP contribution in [0.1, 0.15) is 12.0 Å². The molecule has 0 atom stereocenters. The van der Waals surface area contributed by atoms with E-state index in [1.807, 2.05) is 29.9 Å². The lowest BCUT2D eigenvalue weighted by molar-refractivity contribution is 0.607. The summed E-state index contributed by atoms with van der Waals surface area (Å²) >= 11 is 0. The molecule has 0 fully saturated rings. The molecule has 0 bridgehead atoms. The van der Waals surface area contributed by atoms with E-state index < -0.39 is 0 Å². The number of nitrogens with two attached hydrogens (primary N) is 1. The molecule has 0 aliphatic heterocycles. The summed E-state index contributed by atoms with van der Waals surface area (Å²) in [6, 6.07) is 5.44. The van der Waals surface area contributed by atoms with Crippen LogP contribution in [-0.4, -0.2) is 11.1 Å². The Morgan fingerprint density at radius 1 is 1.40 bits per heavy atom. The maximum atomic E-state index is 13.6. The van der Waals surface area contributed by atoms with E-state index in [-0.39, 0.29) is 5.82 Å². The molecule has 0 unspecified atom stereocenters. The van der Waals surface area contributed by atoms with Gasteiger partial charge in [-0.2, -0.15) is 0 Å². The van der Waals surface area contributed by atoms with Crippen LogP contribution in [0.2, 0.25) is 0 Å². The summed E-state index contributed by atoms with van der Waals surface area (Å²) in [6.07, 6.45) is 3.48. The Labute approximate surface area is 88.5 Å². The van der Waals surface area contributed by atoms with Crippen LogP contribution in [-0.2, 0) is 13.5 Å². The van der Waals surface area contributed by atoms with Crippen LogP contribution in [0.15, 0.2) is 24.4 Å². The van der Waals surface area contributed by atoms with Crippen LogP contribution >= 0.6 is 0 Å². The third-order valence-corrected chi connectivity index (χ3v) is 2.70. The van der Waals surface area contributed by atoms with Crippen molar-refractivity contribution in [1.29, 1.82) is 0 Å². The third kappa shape index (κ3) is 1.88. The van der Waals surface area contributed by atoms with E-state index in [9.17, 15) is 4.39 Å². The molecule has 2 rings (SSSR count). The first-order valence-corrected chi connectivity index (χ1v) is 5.16. The van der Waals surface area contributed by atoms with E-state index in [2.05, 4.69) is 0 Å². The van der Waals surface area contributed by atoms with Crippen molar-refractivity contribution in [2.75, 3.05) is 6.54 Å². The summed E-state index contributed by atoms with van der Waals surface area (Å²) in [5, 5.41) is 0.950. The first-order valence-electron chi connectivity index (χ1n) is 5.16. The molecular weight excluding hydrogens is 191 g/mol. The zero-order chi connectivity index (χ0) is 10.8. The van der Waals surface area contributed by atoms with Gasteiger partial charge in [0.15, 0.2) is 0 Å². The maximum absolute atomic E-state index is 13.6. The predicted molar refractivity (Wildman–Crippen MR) is 60.3 cm³/mol. The highest BCUT2D eigenvalue weighted by molar-refractivity contribution is 5.80. The number of benzene rings is 1. The molecule has 3 heteroatoms. The monoisotopic (exact) mass is 206 g/mol. The minimum Gasteiger partial charge on any atom is -0.351 e. The number of halogens is 1. The molecule has 1 heterocycles. The van der Waals surface area contributed by atoms with Crippen LogP contribution < -0.4 is 5.73 Å². The molecule has 0 spiro atoms. The van der Waals surface area contributed by atoms with Gasteiger partial charge in [0, 0.05) is 24.1 Å². The topological polar surface area (TPSA) is 30.9 Å². The number of hydrogen-bond donors (Lipinski definition) is 1. The quantitative estimate of drug-likeness (QED) is 0.820. The van der Waals surface area contributed by atoms with E-state index in [0.29, 0.717) is 13.0 Å². The van der Waals surface area contributed by atoms with Gasteiger partial charge in [0.2, 0.25) is 0 Å². The molecule has 80 valence electrons. The summed E-state index contributed by atoms with van der Waals surface area (Å²) in [7, 11) is 1.97. The molecule has 0 amide bonds. The molecule has 0 saturated heterocycles. The number of nitrogens with zero attached hydrogens (tertiary/aromatic N) is 1. The molecule has 2 nitrogen and oxygen atoms in total. The fourth-order valence-corrected chi connectivity index (χ4v) is 1.82. The van der Waals surface area contributed by atoms with Crippen molar-refractivity contribution in [2.45, 2.75) is 12.8 Å². The molecule has 1 aromatic carbocycles. The molecule has 15 heavy (non-hydrogen) atoms. The minimum atomic E-state index is -0.123. The van der Waals surface area contributed by atoms with Crippen molar-refractivity contribution in [3.8, 4) is 0 Å². The smallest absolute Gasteiger partial charge is 0.127 e. The molecule has 2 aromatic rings. The van der Waals surface area contributed by atoms with Crippen LogP contribution in [0.3, 0.4) is 0 Å². The van der Waals surface area contributed by atoms with Gasteiger partial charge >= 0.3 is 0 Å². The Kier molecular flexibility index (Phi) is 2.73. The van der Waals surface area contributed by atoms with Gasteiger partial charge in [-0.1, -0.05) is 0 Å². The largest absolute Gasteiger partial charge is 0.351 e. The molecule has 0 aliphatic carbocycles. The van der Waals surface area contributed by atoms with Gasteiger partial charge < -0.3 is 10.3 Å². The SMILES string of the molecule is Cn1ccc2cc(F)c(CCCN)cc21. The molecule has 1 aromatic heterocycles. The second-order valence-corrected chi connectivity index (χ2v) is 3.82. The second kappa shape index (κ2) is 4.03. The Hall–Kier alpha value is -1.35. The average molecular weight is 206 g/mol. The van der Waals surface area contributed by atoms with Gasteiger partial charge in [0.05, 0.1) is 0 Å². The second-order valence-electron chi connectivity index (χ2n) is 3.82. The van der Waals surface area contributed by atoms with Gasteiger partial charge in [-0.3, -0.25) is 0 Å². The Morgan fingerprint density at radius 2 is 2.20 bits per heavy atom. The minimum absolute atomic E-state index is 0.123. The fraction of sp³-hybridized carbons (Fsp3) is 0.333. The highest BCUT2D eigenvalue weighted by Gasteiger charge is 2.06. The Balaban J connectivity index is 2.45. The van der Waals surface area contributed by atoms with E-state index in [1.54, 1.807) is 6.07 Å². The summed E-state index contributed by atoms with van der Waals surface area (Å²) < 4.78 is 15.6. The van der Waals surface area contributed by atoms with Crippen molar-refractivity contribution in [3.05, 3.63) is 35.8 Å². The van der Waals surface area contributed by atoms with Crippen LogP contribution in [0.5, 0.6) is 0 Å². The summed E-state index contributed by atoms with van der Waals surface area (Å²) in [5.41, 5.74) is 7.25. The first-order chi connectivity index (χ1) is 7.22. The number of aryl methyl sites for hydroxylation is 2. The Morgan fingerprint density at radius 3 is 2.93 bits per heavy atom. The van der Waals surface area contributed by atoms with E-state index in [0.717, 1.165) is 22.9 Å². The van der Waals surface area contributed by atoms with Crippen LogP contribution in [0.4, 0.5) is 4.39 Å². The van der Waals surface area contributed by atoms with Gasteiger partial charge in [0.1, 0.15) is 5.82 Å². The summed E-state index contributed by atoms with van der Waals surface area (Å²) in [4.78, 5) is 0. The van der Waals surface area contributed by atoms with Gasteiger partial charge in [-0.25, -0.2) is 4.39 Å². The van der Waals surface area contributed by atoms with E-state index >= 15 is 0 Å². The number of hydrogen-bond acceptors (Lipinski definition) is 1. The molecule has 0 saturated carbocycles. The van der Waals surface area contributed by atoms with Crippen LogP contribution in [0.25, 0.3) is 10.9 Å². The lowest BCUT2D eigenvalue weighted by atomic mass is 10.1. The molecule has 0 radical (unpaired) electrons. The highest BCUT2D eigenvalue weighted by Crippen LogP contribution is 2.20. The highest BCUT2D eigenvalue weighted by atomic mass is 19.1. The summed E-state index contributed by atoms with van der Waals surface area (Å²) in [6.45, 7) is 0.602. The lowest BCUT2D eigenvalue weighted by Crippen LogP contribution is -2.02. The van der Waals surface area contributed by atoms with E-state index in [4.69, 9.17) is 5.73 Å². The van der Waals surface area contributed by atoms with Gasteiger partial charge in [-0.05, 0) is 43.1 Å². The Bertz CT molecular complexity index is 474. The van der Waals surface area contributed by atoms with Crippen molar-refractivity contribution < 1.29 is 4.39 Å². The number of aromatic nitrogens is 1. The zero-order valence-electron chi connectivity index (χ0n) is 8.83. The molecule has 2 N–H and O–H groups in total. The van der Waals surface area contributed by atoms with Crippen molar-refractivity contribution in [2.24, 2.45) is 12.8 Å². The molecule has 0 aliphatic rings. The fourth-order valence-electron chi connectivity index (χ4n) is 1.82. The third-order valence-electron chi connectivity index (χ3n) is 2.70.